The Kier molecular flexibility index (Phi) is 8.55. The molecule has 1 heterocycles. The molecule has 1 fully saturated rings. The Balaban J connectivity index is 1.68. The van der Waals surface area contributed by atoms with Crippen LogP contribution in [0.25, 0.3) is 12.2 Å². The summed E-state index contributed by atoms with van der Waals surface area (Å²) in [5.74, 6) is -2.49. The van der Waals surface area contributed by atoms with Crippen molar-refractivity contribution in [3.63, 3.8) is 0 Å². The zero-order valence-corrected chi connectivity index (χ0v) is 23.6. The fraction of sp³-hybridized carbons (Fsp3) is 0.0370. The molecule has 0 atom stereocenters. The number of hydrogen-bond donors (Lipinski definition) is 1. The maximum absolute atomic E-state index is 13.4. The van der Waals surface area contributed by atoms with Crippen LogP contribution in [0.4, 0.5) is 16.2 Å². The molecule has 0 aliphatic carbocycles. The van der Waals surface area contributed by atoms with Gasteiger partial charge < -0.3 is 9.47 Å². The van der Waals surface area contributed by atoms with Crippen molar-refractivity contribution >= 4 is 79.2 Å². The standard InChI is InChI=1S/C27H17Br2N3O8/c1-39-22-8-3-2-7-21(22)31-26(35)19(25(34)30-27(31)36)13-16-12-17(28)14-20(29)24(16)40-23(33)10-9-15-5-4-6-18(11-15)32(37)38/h2-14H,1H3,(H,30,34,36)/b10-9+,19-13-. The van der Waals surface area contributed by atoms with Crippen LogP contribution in [0.5, 0.6) is 11.5 Å². The maximum Gasteiger partial charge on any atom is 0.336 e. The first kappa shape index (κ1) is 28.4. The minimum Gasteiger partial charge on any atom is -0.495 e. The molecule has 202 valence electrons. The molecule has 1 saturated heterocycles. The zero-order valence-electron chi connectivity index (χ0n) is 20.4. The molecule has 0 aromatic heterocycles. The van der Waals surface area contributed by atoms with Crippen molar-refractivity contribution in [1.82, 2.24) is 5.32 Å². The highest BCUT2D eigenvalue weighted by molar-refractivity contribution is 9.11. The molecule has 0 saturated carbocycles. The van der Waals surface area contributed by atoms with Gasteiger partial charge in [0.15, 0.2) is 5.75 Å². The summed E-state index contributed by atoms with van der Waals surface area (Å²) < 4.78 is 11.6. The van der Waals surface area contributed by atoms with Gasteiger partial charge in [0.05, 0.1) is 22.2 Å². The lowest BCUT2D eigenvalue weighted by atomic mass is 10.1. The van der Waals surface area contributed by atoms with Gasteiger partial charge in [0.25, 0.3) is 17.5 Å². The van der Waals surface area contributed by atoms with Crippen LogP contribution >= 0.6 is 31.9 Å². The minimum absolute atomic E-state index is 0.0225. The second-order valence-electron chi connectivity index (χ2n) is 8.04. The number of para-hydroxylation sites is 2. The number of hydrogen-bond acceptors (Lipinski definition) is 8. The van der Waals surface area contributed by atoms with Crippen LogP contribution in [-0.2, 0) is 14.4 Å². The van der Waals surface area contributed by atoms with Crippen molar-refractivity contribution in [3.05, 3.63) is 102 Å². The van der Waals surface area contributed by atoms with Crippen LogP contribution in [0.15, 0.2) is 81.3 Å². The fourth-order valence-electron chi connectivity index (χ4n) is 3.68. The summed E-state index contributed by atoms with van der Waals surface area (Å²) in [6, 6.07) is 14.1. The van der Waals surface area contributed by atoms with Crippen LogP contribution in [0, 0.1) is 10.1 Å². The molecule has 13 heteroatoms. The van der Waals surface area contributed by atoms with Crippen molar-refractivity contribution in [2.24, 2.45) is 0 Å². The van der Waals surface area contributed by atoms with Crippen LogP contribution in [0.1, 0.15) is 11.1 Å². The molecule has 0 spiro atoms. The lowest BCUT2D eigenvalue weighted by Gasteiger charge is -2.27. The lowest BCUT2D eigenvalue weighted by molar-refractivity contribution is -0.384. The average molecular weight is 671 g/mol. The number of carbonyl (C=O) groups excluding carboxylic acids is 4. The van der Waals surface area contributed by atoms with Crippen LogP contribution in [-0.4, -0.2) is 35.8 Å². The molecule has 40 heavy (non-hydrogen) atoms. The molecular formula is C27H17Br2N3O8. The van der Waals surface area contributed by atoms with Gasteiger partial charge >= 0.3 is 12.0 Å². The Morgan fingerprint density at radius 3 is 2.52 bits per heavy atom. The molecule has 11 nitrogen and oxygen atoms in total. The molecule has 0 radical (unpaired) electrons. The first-order valence-corrected chi connectivity index (χ1v) is 12.9. The Morgan fingerprint density at radius 1 is 1.05 bits per heavy atom. The number of carbonyl (C=O) groups is 4. The van der Waals surface area contributed by atoms with Gasteiger partial charge in [-0.3, -0.25) is 25.0 Å². The summed E-state index contributed by atoms with van der Waals surface area (Å²) in [7, 11) is 1.38. The van der Waals surface area contributed by atoms with Gasteiger partial charge in [0, 0.05) is 28.2 Å². The summed E-state index contributed by atoms with van der Waals surface area (Å²) in [5, 5.41) is 13.1. The van der Waals surface area contributed by atoms with Crippen molar-refractivity contribution in [3.8, 4) is 11.5 Å². The Labute approximate surface area is 243 Å². The minimum atomic E-state index is -0.954. The molecule has 4 rings (SSSR count). The number of nitro benzene ring substituents is 1. The number of nitro groups is 1. The topological polar surface area (TPSA) is 145 Å². The molecule has 0 unspecified atom stereocenters. The van der Waals surface area contributed by atoms with E-state index in [4.69, 9.17) is 9.47 Å². The molecule has 4 amide bonds. The number of urea groups is 1. The number of methoxy groups -OCH3 is 1. The van der Waals surface area contributed by atoms with E-state index in [2.05, 4.69) is 37.2 Å². The number of benzene rings is 3. The smallest absolute Gasteiger partial charge is 0.336 e. The van der Waals surface area contributed by atoms with E-state index in [-0.39, 0.29) is 28.4 Å². The van der Waals surface area contributed by atoms with E-state index < -0.39 is 34.3 Å². The normalized spacial score (nSPS) is 14.4. The number of nitrogens with zero attached hydrogens (tertiary/aromatic N) is 2. The molecular weight excluding hydrogens is 654 g/mol. The van der Waals surface area contributed by atoms with Gasteiger partial charge in [-0.15, -0.1) is 0 Å². The van der Waals surface area contributed by atoms with Crippen molar-refractivity contribution in [2.45, 2.75) is 0 Å². The molecule has 1 aliphatic heterocycles. The summed E-state index contributed by atoms with van der Waals surface area (Å²) in [6.07, 6.45) is 3.61. The highest BCUT2D eigenvalue weighted by Crippen LogP contribution is 2.36. The monoisotopic (exact) mass is 669 g/mol. The highest BCUT2D eigenvalue weighted by atomic mass is 79.9. The van der Waals surface area contributed by atoms with E-state index in [1.165, 1.54) is 49.6 Å². The maximum atomic E-state index is 13.4. The predicted octanol–water partition coefficient (Wildman–Crippen LogP) is 5.41. The van der Waals surface area contributed by atoms with Crippen LogP contribution in [0.2, 0.25) is 0 Å². The van der Waals surface area contributed by atoms with Gasteiger partial charge in [-0.2, -0.15) is 0 Å². The largest absolute Gasteiger partial charge is 0.495 e. The Hall–Kier alpha value is -4.62. The van der Waals surface area contributed by atoms with E-state index >= 15 is 0 Å². The molecule has 0 bridgehead atoms. The van der Waals surface area contributed by atoms with Gasteiger partial charge in [-0.25, -0.2) is 14.5 Å². The van der Waals surface area contributed by atoms with Crippen LogP contribution in [0.3, 0.4) is 0 Å². The number of imide groups is 2. The molecule has 1 N–H and O–H groups in total. The van der Waals surface area contributed by atoms with Crippen molar-refractivity contribution in [1.29, 1.82) is 0 Å². The number of halogens is 2. The van der Waals surface area contributed by atoms with E-state index in [0.717, 1.165) is 11.0 Å². The summed E-state index contributed by atoms with van der Waals surface area (Å²) in [5.41, 5.74) is 0.135. The van der Waals surface area contributed by atoms with Gasteiger partial charge in [-0.05, 0) is 57.9 Å². The molecule has 3 aromatic rings. The number of amides is 4. The van der Waals surface area contributed by atoms with Gasteiger partial charge in [0.1, 0.15) is 11.3 Å². The quantitative estimate of drug-likeness (QED) is 0.0877. The van der Waals surface area contributed by atoms with E-state index in [1.807, 2.05) is 0 Å². The second kappa shape index (κ2) is 12.1. The number of rotatable bonds is 7. The number of barbiturate groups is 1. The molecule has 1 aliphatic rings. The number of ether oxygens (including phenoxy) is 2. The summed E-state index contributed by atoms with van der Waals surface area (Å²) >= 11 is 6.65. The number of non-ortho nitro benzene ring substituents is 1. The van der Waals surface area contributed by atoms with Gasteiger partial charge in [-0.1, -0.05) is 40.2 Å². The highest BCUT2D eigenvalue weighted by Gasteiger charge is 2.38. The summed E-state index contributed by atoms with van der Waals surface area (Å²) in [6.45, 7) is 0. The second-order valence-corrected chi connectivity index (χ2v) is 9.81. The summed E-state index contributed by atoms with van der Waals surface area (Å²) in [4.78, 5) is 62.6. The van der Waals surface area contributed by atoms with E-state index in [1.54, 1.807) is 30.3 Å². The number of anilines is 1. The molecule has 3 aromatic carbocycles. The van der Waals surface area contributed by atoms with Crippen molar-refractivity contribution in [2.75, 3.05) is 12.0 Å². The fourth-order valence-corrected chi connectivity index (χ4v) is 5.02. The van der Waals surface area contributed by atoms with Gasteiger partial charge in [0.2, 0.25) is 0 Å². The predicted molar refractivity (Wildman–Crippen MR) is 152 cm³/mol. The first-order valence-electron chi connectivity index (χ1n) is 11.3. The van der Waals surface area contributed by atoms with E-state index in [0.29, 0.717) is 14.5 Å². The third kappa shape index (κ3) is 6.16. The average Bonchev–Trinajstić information content (AvgIpc) is 2.92. The Morgan fingerprint density at radius 2 is 1.80 bits per heavy atom. The third-order valence-corrected chi connectivity index (χ3v) is 6.51. The number of esters is 1. The van der Waals surface area contributed by atoms with Crippen molar-refractivity contribution < 1.29 is 33.6 Å². The first-order chi connectivity index (χ1) is 19.1. The van der Waals surface area contributed by atoms with E-state index in [9.17, 15) is 29.3 Å². The third-order valence-electron chi connectivity index (χ3n) is 5.46. The SMILES string of the molecule is COc1ccccc1N1C(=O)NC(=O)/C(=C/c2cc(Br)cc(Br)c2OC(=O)/C=C/c2cccc([N+](=O)[O-])c2)C1=O. The Bertz CT molecular complexity index is 1630. The number of nitrogens with one attached hydrogen (secondary N) is 1. The zero-order chi connectivity index (χ0) is 29.0. The van der Waals surface area contributed by atoms with Crippen LogP contribution < -0.4 is 19.7 Å². The lowest BCUT2D eigenvalue weighted by Crippen LogP contribution is -2.54.